The number of aromatic carboxylic acids is 1. The van der Waals surface area contributed by atoms with E-state index in [4.69, 9.17) is 5.11 Å². The van der Waals surface area contributed by atoms with Crippen LogP contribution in [0.3, 0.4) is 0 Å². The van der Waals surface area contributed by atoms with Crippen molar-refractivity contribution in [3.63, 3.8) is 0 Å². The highest BCUT2D eigenvalue weighted by Crippen LogP contribution is 2.21. The molecule has 2 atom stereocenters. The number of pyridine rings is 1. The molecule has 0 aromatic carbocycles. The molecule has 1 aliphatic heterocycles. The summed E-state index contributed by atoms with van der Waals surface area (Å²) >= 11 is 0. The Labute approximate surface area is 99.7 Å². The Hall–Kier alpha value is -1.62. The fraction of sp³-hybridized carbons (Fsp3) is 0.500. The Morgan fingerprint density at radius 1 is 1.53 bits per heavy atom. The van der Waals surface area contributed by atoms with Crippen molar-refractivity contribution in [2.45, 2.75) is 19.4 Å². The summed E-state index contributed by atoms with van der Waals surface area (Å²) in [7, 11) is 0. The molecule has 5 heteroatoms. The quantitative estimate of drug-likeness (QED) is 0.801. The SMILES string of the molecule is C[C@@H]1CN(c2ccc(C(=O)O)cn2)CC[C@@H]1O. The fourth-order valence-corrected chi connectivity index (χ4v) is 2.04. The van der Waals surface area contributed by atoms with Crippen molar-refractivity contribution in [1.29, 1.82) is 0 Å². The van der Waals surface area contributed by atoms with E-state index in [1.54, 1.807) is 12.1 Å². The van der Waals surface area contributed by atoms with Crippen molar-refractivity contribution >= 4 is 11.8 Å². The number of nitrogens with zero attached hydrogens (tertiary/aromatic N) is 2. The monoisotopic (exact) mass is 236 g/mol. The molecule has 0 spiro atoms. The molecule has 17 heavy (non-hydrogen) atoms. The summed E-state index contributed by atoms with van der Waals surface area (Å²) < 4.78 is 0. The summed E-state index contributed by atoms with van der Waals surface area (Å²) in [6, 6.07) is 3.27. The van der Waals surface area contributed by atoms with Gasteiger partial charge in [0.15, 0.2) is 0 Å². The number of hydrogen-bond donors (Lipinski definition) is 2. The highest BCUT2D eigenvalue weighted by molar-refractivity contribution is 5.87. The van der Waals surface area contributed by atoms with Crippen LogP contribution in [0, 0.1) is 5.92 Å². The molecule has 1 fully saturated rings. The van der Waals surface area contributed by atoms with Gasteiger partial charge in [-0.2, -0.15) is 0 Å². The lowest BCUT2D eigenvalue weighted by Gasteiger charge is -2.35. The summed E-state index contributed by atoms with van der Waals surface area (Å²) in [6.07, 6.45) is 1.85. The van der Waals surface area contributed by atoms with E-state index in [1.165, 1.54) is 6.20 Å². The third-order valence-corrected chi connectivity index (χ3v) is 3.18. The maximum Gasteiger partial charge on any atom is 0.337 e. The van der Waals surface area contributed by atoms with Crippen LogP contribution in [0.2, 0.25) is 0 Å². The minimum atomic E-state index is -0.966. The van der Waals surface area contributed by atoms with E-state index in [2.05, 4.69) is 9.88 Å². The van der Waals surface area contributed by atoms with Crippen molar-refractivity contribution in [1.82, 2.24) is 4.98 Å². The average Bonchev–Trinajstić information content (AvgIpc) is 2.33. The molecule has 2 heterocycles. The van der Waals surface area contributed by atoms with Crippen LogP contribution in [-0.2, 0) is 0 Å². The normalized spacial score (nSPS) is 24.7. The molecule has 1 aliphatic rings. The van der Waals surface area contributed by atoms with Crippen molar-refractivity contribution in [3.05, 3.63) is 23.9 Å². The summed E-state index contributed by atoms with van der Waals surface area (Å²) in [6.45, 7) is 3.51. The van der Waals surface area contributed by atoms with Gasteiger partial charge >= 0.3 is 5.97 Å². The van der Waals surface area contributed by atoms with Gasteiger partial charge in [0.25, 0.3) is 0 Å². The summed E-state index contributed by atoms with van der Waals surface area (Å²) in [4.78, 5) is 16.9. The number of anilines is 1. The third kappa shape index (κ3) is 2.55. The van der Waals surface area contributed by atoms with Crippen LogP contribution in [0.25, 0.3) is 0 Å². The Morgan fingerprint density at radius 3 is 2.82 bits per heavy atom. The summed E-state index contributed by atoms with van der Waals surface area (Å²) in [5.41, 5.74) is 0.193. The molecule has 5 nitrogen and oxygen atoms in total. The van der Waals surface area contributed by atoms with Crippen molar-refractivity contribution < 1.29 is 15.0 Å². The second-order valence-electron chi connectivity index (χ2n) is 4.49. The number of rotatable bonds is 2. The molecular formula is C12H16N2O3. The zero-order chi connectivity index (χ0) is 12.4. The predicted octanol–water partition coefficient (Wildman–Crippen LogP) is 0.987. The zero-order valence-electron chi connectivity index (χ0n) is 9.71. The largest absolute Gasteiger partial charge is 0.478 e. The maximum atomic E-state index is 10.7. The predicted molar refractivity (Wildman–Crippen MR) is 63.2 cm³/mol. The zero-order valence-corrected chi connectivity index (χ0v) is 9.71. The van der Waals surface area contributed by atoms with Gasteiger partial charge in [0.1, 0.15) is 5.82 Å². The van der Waals surface area contributed by atoms with E-state index in [1.807, 2.05) is 6.92 Å². The highest BCUT2D eigenvalue weighted by Gasteiger charge is 2.24. The van der Waals surface area contributed by atoms with E-state index in [9.17, 15) is 9.90 Å². The van der Waals surface area contributed by atoms with E-state index >= 15 is 0 Å². The van der Waals surface area contributed by atoms with E-state index in [0.717, 1.165) is 25.3 Å². The lowest BCUT2D eigenvalue weighted by atomic mass is 9.97. The molecule has 2 N–H and O–H groups in total. The molecule has 0 aliphatic carbocycles. The first-order valence-electron chi connectivity index (χ1n) is 5.70. The Kier molecular flexibility index (Phi) is 3.28. The first-order valence-corrected chi connectivity index (χ1v) is 5.70. The molecule has 1 aromatic rings. The van der Waals surface area contributed by atoms with Crippen LogP contribution < -0.4 is 4.90 Å². The molecule has 1 saturated heterocycles. The second-order valence-corrected chi connectivity index (χ2v) is 4.49. The average molecular weight is 236 g/mol. The Balaban J connectivity index is 2.10. The Morgan fingerprint density at radius 2 is 2.29 bits per heavy atom. The lowest BCUT2D eigenvalue weighted by Crippen LogP contribution is -2.42. The van der Waals surface area contributed by atoms with Gasteiger partial charge < -0.3 is 15.1 Å². The van der Waals surface area contributed by atoms with Crippen molar-refractivity contribution in [2.24, 2.45) is 5.92 Å². The van der Waals surface area contributed by atoms with Gasteiger partial charge in [-0.1, -0.05) is 6.92 Å². The smallest absolute Gasteiger partial charge is 0.337 e. The fourth-order valence-electron chi connectivity index (χ4n) is 2.04. The van der Waals surface area contributed by atoms with Gasteiger partial charge in [0, 0.05) is 19.3 Å². The number of aliphatic hydroxyl groups is 1. The molecule has 1 aromatic heterocycles. The van der Waals surface area contributed by atoms with Crippen molar-refractivity contribution in [2.75, 3.05) is 18.0 Å². The molecule has 0 radical (unpaired) electrons. The van der Waals surface area contributed by atoms with Crippen LogP contribution >= 0.6 is 0 Å². The number of carbonyl (C=O) groups is 1. The lowest BCUT2D eigenvalue weighted by molar-refractivity contribution is 0.0696. The number of carboxylic acid groups (broad SMARTS) is 1. The van der Waals surface area contributed by atoms with E-state index < -0.39 is 5.97 Å². The van der Waals surface area contributed by atoms with E-state index in [-0.39, 0.29) is 17.6 Å². The molecule has 92 valence electrons. The molecule has 2 rings (SSSR count). The Bertz CT molecular complexity index is 405. The van der Waals surface area contributed by atoms with Crippen LogP contribution in [-0.4, -0.2) is 40.4 Å². The molecule has 0 unspecified atom stereocenters. The number of piperidine rings is 1. The van der Waals surface area contributed by atoms with E-state index in [0.29, 0.717) is 0 Å². The second kappa shape index (κ2) is 4.71. The minimum absolute atomic E-state index is 0.193. The van der Waals surface area contributed by atoms with Crippen LogP contribution in [0.5, 0.6) is 0 Å². The van der Waals surface area contributed by atoms with Crippen LogP contribution in [0.1, 0.15) is 23.7 Å². The molecule has 0 amide bonds. The van der Waals surface area contributed by atoms with Gasteiger partial charge in [-0.25, -0.2) is 9.78 Å². The third-order valence-electron chi connectivity index (χ3n) is 3.18. The van der Waals surface area contributed by atoms with Gasteiger partial charge in [0.05, 0.1) is 11.7 Å². The van der Waals surface area contributed by atoms with Gasteiger partial charge in [0.2, 0.25) is 0 Å². The number of carboxylic acids is 1. The molecule has 0 bridgehead atoms. The highest BCUT2D eigenvalue weighted by atomic mass is 16.4. The topological polar surface area (TPSA) is 73.7 Å². The molecule has 0 saturated carbocycles. The van der Waals surface area contributed by atoms with Gasteiger partial charge in [-0.15, -0.1) is 0 Å². The molecular weight excluding hydrogens is 220 g/mol. The maximum absolute atomic E-state index is 10.7. The van der Waals surface area contributed by atoms with Gasteiger partial charge in [-0.3, -0.25) is 0 Å². The number of aliphatic hydroxyl groups excluding tert-OH is 1. The standard InChI is InChI=1S/C12H16N2O3/c1-8-7-14(5-4-10(8)15)11-3-2-9(6-13-11)12(16)17/h2-3,6,8,10,15H,4-5,7H2,1H3,(H,16,17)/t8-,10+/m1/s1. The first-order chi connectivity index (χ1) is 8.08. The van der Waals surface area contributed by atoms with Crippen LogP contribution in [0.15, 0.2) is 18.3 Å². The minimum Gasteiger partial charge on any atom is -0.478 e. The van der Waals surface area contributed by atoms with Gasteiger partial charge in [-0.05, 0) is 24.5 Å². The summed E-state index contributed by atoms with van der Waals surface area (Å²) in [5, 5.41) is 18.4. The van der Waals surface area contributed by atoms with Crippen molar-refractivity contribution in [3.8, 4) is 0 Å². The number of aromatic nitrogens is 1. The summed E-state index contributed by atoms with van der Waals surface area (Å²) in [5.74, 6) is 0.0185. The number of hydrogen-bond acceptors (Lipinski definition) is 4. The van der Waals surface area contributed by atoms with Crippen LogP contribution in [0.4, 0.5) is 5.82 Å². The first kappa shape index (κ1) is 11.9.